The van der Waals surface area contributed by atoms with Crippen LogP contribution in [0.25, 0.3) is 17.2 Å². The molecule has 4 rings (SSSR count). The van der Waals surface area contributed by atoms with Crippen LogP contribution in [0.2, 0.25) is 0 Å². The van der Waals surface area contributed by atoms with Crippen LogP contribution >= 0.6 is 0 Å². The van der Waals surface area contributed by atoms with Crippen molar-refractivity contribution in [2.75, 3.05) is 13.1 Å². The number of morpholine rings is 1. The molecule has 24 heavy (non-hydrogen) atoms. The van der Waals surface area contributed by atoms with Gasteiger partial charge in [0.1, 0.15) is 17.7 Å². The van der Waals surface area contributed by atoms with E-state index in [0.29, 0.717) is 18.3 Å². The Morgan fingerprint density at radius 3 is 2.88 bits per heavy atom. The molecule has 4 heterocycles. The highest BCUT2D eigenvalue weighted by Gasteiger charge is 2.25. The van der Waals surface area contributed by atoms with Crippen molar-refractivity contribution in [3.05, 3.63) is 42.4 Å². The van der Waals surface area contributed by atoms with E-state index in [1.54, 1.807) is 12.4 Å². The molecule has 1 saturated heterocycles. The number of nitrogens with one attached hydrogen (secondary N) is 1. The summed E-state index contributed by atoms with van der Waals surface area (Å²) in [5.74, 6) is 2.67. The van der Waals surface area contributed by atoms with Gasteiger partial charge in [0, 0.05) is 37.2 Å². The zero-order valence-electron chi connectivity index (χ0n) is 13.5. The smallest absolute Gasteiger partial charge is 0.257 e. The van der Waals surface area contributed by atoms with Gasteiger partial charge >= 0.3 is 0 Å². The zero-order chi connectivity index (χ0) is 16.5. The van der Waals surface area contributed by atoms with E-state index in [9.17, 15) is 0 Å². The van der Waals surface area contributed by atoms with Crippen molar-refractivity contribution in [1.29, 1.82) is 0 Å². The molecule has 124 valence electrons. The average Bonchev–Trinajstić information content (AvgIpc) is 3.24. The minimum Gasteiger partial charge on any atom is -0.363 e. The lowest BCUT2D eigenvalue weighted by Crippen LogP contribution is -2.39. The van der Waals surface area contributed by atoms with Crippen molar-refractivity contribution in [2.24, 2.45) is 0 Å². The minimum atomic E-state index is -0.212. The van der Waals surface area contributed by atoms with Crippen LogP contribution in [0.1, 0.15) is 24.7 Å². The standard InChI is InChI=1S/C16H18N6O2/c1-10-7-17-9-13(23-10)16-20-15(21-24-16)12-3-4-14(19-8-12)22-6-5-18-11(22)2/h3-6,8,10,13,17H,7,9H2,1-2H3/t10-,13-/m1/s1. The lowest BCUT2D eigenvalue weighted by Gasteiger charge is -2.25. The van der Waals surface area contributed by atoms with Crippen molar-refractivity contribution >= 4 is 0 Å². The Labute approximate surface area is 138 Å². The van der Waals surface area contributed by atoms with Gasteiger partial charge in [0.2, 0.25) is 5.82 Å². The molecule has 0 radical (unpaired) electrons. The monoisotopic (exact) mass is 326 g/mol. The molecule has 0 unspecified atom stereocenters. The molecule has 0 aromatic carbocycles. The SMILES string of the molecule is Cc1nccn1-c1ccc(-c2noc([C@H]3CNC[C@@H](C)O3)n2)cn1. The van der Waals surface area contributed by atoms with Crippen molar-refractivity contribution < 1.29 is 9.26 Å². The summed E-state index contributed by atoms with van der Waals surface area (Å²) in [6.45, 7) is 5.44. The summed E-state index contributed by atoms with van der Waals surface area (Å²) in [5, 5.41) is 7.33. The number of pyridine rings is 1. The second kappa shape index (κ2) is 6.14. The lowest BCUT2D eigenvalue weighted by molar-refractivity contribution is -0.0438. The van der Waals surface area contributed by atoms with Crippen molar-refractivity contribution in [2.45, 2.75) is 26.1 Å². The molecule has 1 N–H and O–H groups in total. The number of rotatable bonds is 3. The summed E-state index contributed by atoms with van der Waals surface area (Å²) in [4.78, 5) is 13.1. The van der Waals surface area contributed by atoms with Crippen LogP contribution in [0.5, 0.6) is 0 Å². The van der Waals surface area contributed by atoms with E-state index in [4.69, 9.17) is 9.26 Å². The van der Waals surface area contributed by atoms with Crippen molar-refractivity contribution in [3.8, 4) is 17.2 Å². The first-order valence-electron chi connectivity index (χ1n) is 7.87. The van der Waals surface area contributed by atoms with Crippen LogP contribution in [0.3, 0.4) is 0 Å². The molecular weight excluding hydrogens is 308 g/mol. The summed E-state index contributed by atoms with van der Waals surface area (Å²) in [7, 11) is 0. The third-order valence-corrected chi connectivity index (χ3v) is 3.95. The number of aromatic nitrogens is 5. The van der Waals surface area contributed by atoms with Gasteiger partial charge in [0.15, 0.2) is 0 Å². The molecule has 2 atom stereocenters. The molecule has 1 aliphatic rings. The Morgan fingerprint density at radius 2 is 2.17 bits per heavy atom. The third-order valence-electron chi connectivity index (χ3n) is 3.95. The average molecular weight is 326 g/mol. The Kier molecular flexibility index (Phi) is 3.83. The van der Waals surface area contributed by atoms with Gasteiger partial charge in [-0.1, -0.05) is 5.16 Å². The number of imidazole rings is 1. The van der Waals surface area contributed by atoms with Gasteiger partial charge in [0.25, 0.3) is 5.89 Å². The first-order valence-corrected chi connectivity index (χ1v) is 7.87. The molecule has 0 saturated carbocycles. The number of hydrogen-bond donors (Lipinski definition) is 1. The number of aryl methyl sites for hydroxylation is 1. The van der Waals surface area contributed by atoms with Gasteiger partial charge in [-0.15, -0.1) is 0 Å². The summed E-state index contributed by atoms with van der Waals surface area (Å²) in [6.07, 6.45) is 5.26. The van der Waals surface area contributed by atoms with E-state index in [0.717, 1.165) is 23.8 Å². The highest BCUT2D eigenvalue weighted by molar-refractivity contribution is 5.53. The third kappa shape index (κ3) is 2.81. The Morgan fingerprint density at radius 1 is 1.25 bits per heavy atom. The fourth-order valence-electron chi connectivity index (χ4n) is 2.70. The molecule has 0 amide bonds. The van der Waals surface area contributed by atoms with Crippen molar-refractivity contribution in [1.82, 2.24) is 30.0 Å². The Balaban J connectivity index is 1.55. The molecule has 1 fully saturated rings. The largest absolute Gasteiger partial charge is 0.363 e. The molecule has 1 aliphatic heterocycles. The Bertz CT molecular complexity index is 825. The molecule has 3 aromatic heterocycles. The fraction of sp³-hybridized carbons (Fsp3) is 0.375. The summed E-state index contributed by atoms with van der Waals surface area (Å²) >= 11 is 0. The van der Waals surface area contributed by atoms with E-state index >= 15 is 0 Å². The minimum absolute atomic E-state index is 0.124. The lowest BCUT2D eigenvalue weighted by atomic mass is 10.2. The predicted molar refractivity (Wildman–Crippen MR) is 85.5 cm³/mol. The highest BCUT2D eigenvalue weighted by Crippen LogP contribution is 2.23. The molecule has 8 heteroatoms. The second-order valence-corrected chi connectivity index (χ2v) is 5.80. The van der Waals surface area contributed by atoms with Crippen LogP contribution in [0.4, 0.5) is 0 Å². The number of ether oxygens (including phenoxy) is 1. The number of hydrogen-bond acceptors (Lipinski definition) is 7. The first kappa shape index (κ1) is 15.0. The van der Waals surface area contributed by atoms with E-state index in [1.165, 1.54) is 0 Å². The van der Waals surface area contributed by atoms with Crippen LogP contribution in [0, 0.1) is 6.92 Å². The molecule has 8 nitrogen and oxygen atoms in total. The molecule has 0 bridgehead atoms. The van der Waals surface area contributed by atoms with Crippen molar-refractivity contribution in [3.63, 3.8) is 0 Å². The van der Waals surface area contributed by atoms with E-state index in [1.807, 2.05) is 36.7 Å². The van der Waals surface area contributed by atoms with Crippen LogP contribution in [-0.2, 0) is 4.74 Å². The first-order chi connectivity index (χ1) is 11.7. The maximum Gasteiger partial charge on any atom is 0.257 e. The molecule has 0 aliphatic carbocycles. The van der Waals surface area contributed by atoms with Gasteiger partial charge < -0.3 is 14.6 Å². The van der Waals surface area contributed by atoms with Gasteiger partial charge in [0.05, 0.1) is 6.10 Å². The molecular formula is C16H18N6O2. The van der Waals surface area contributed by atoms with Crippen LogP contribution < -0.4 is 5.32 Å². The van der Waals surface area contributed by atoms with Gasteiger partial charge in [-0.3, -0.25) is 4.57 Å². The zero-order valence-corrected chi connectivity index (χ0v) is 13.5. The maximum atomic E-state index is 5.82. The molecule has 3 aromatic rings. The summed E-state index contributed by atoms with van der Waals surface area (Å²) in [6, 6.07) is 3.82. The maximum absolute atomic E-state index is 5.82. The Hall–Kier alpha value is -2.58. The predicted octanol–water partition coefficient (Wildman–Crippen LogP) is 1.68. The summed E-state index contributed by atoms with van der Waals surface area (Å²) < 4.78 is 13.1. The highest BCUT2D eigenvalue weighted by atomic mass is 16.5. The van der Waals surface area contributed by atoms with Gasteiger partial charge in [-0.05, 0) is 26.0 Å². The quantitative estimate of drug-likeness (QED) is 0.783. The molecule has 0 spiro atoms. The van der Waals surface area contributed by atoms with Crippen LogP contribution in [0.15, 0.2) is 35.2 Å². The van der Waals surface area contributed by atoms with E-state index < -0.39 is 0 Å². The van der Waals surface area contributed by atoms with Crippen LogP contribution in [-0.4, -0.2) is 43.9 Å². The van der Waals surface area contributed by atoms with E-state index in [2.05, 4.69) is 25.4 Å². The van der Waals surface area contributed by atoms with Gasteiger partial charge in [-0.2, -0.15) is 4.98 Å². The second-order valence-electron chi connectivity index (χ2n) is 5.80. The summed E-state index contributed by atoms with van der Waals surface area (Å²) in [5.41, 5.74) is 0.795. The topological polar surface area (TPSA) is 90.9 Å². The fourth-order valence-corrected chi connectivity index (χ4v) is 2.70. The normalized spacial score (nSPS) is 21.1. The van der Waals surface area contributed by atoms with E-state index in [-0.39, 0.29) is 12.2 Å². The van der Waals surface area contributed by atoms with Gasteiger partial charge in [-0.25, -0.2) is 9.97 Å². The number of nitrogens with zero attached hydrogens (tertiary/aromatic N) is 5.